The Labute approximate surface area is 186 Å². The fraction of sp³-hybridized carbons (Fsp3) is 0.261. The number of fused-ring (bicyclic) bond motifs is 1. The summed E-state index contributed by atoms with van der Waals surface area (Å²) in [6.07, 6.45) is 2.75. The number of hydrogen-bond acceptors (Lipinski definition) is 7. The average molecular weight is 450 g/mol. The summed E-state index contributed by atoms with van der Waals surface area (Å²) in [6.45, 7) is 5.95. The van der Waals surface area contributed by atoms with Crippen molar-refractivity contribution in [1.82, 2.24) is 14.3 Å². The molecule has 0 amide bonds. The van der Waals surface area contributed by atoms with Crippen LogP contribution in [0.5, 0.6) is 0 Å². The second kappa shape index (κ2) is 8.94. The fourth-order valence-electron chi connectivity index (χ4n) is 3.76. The Bertz CT molecular complexity index is 1370. The summed E-state index contributed by atoms with van der Waals surface area (Å²) < 4.78 is 27.5. The van der Waals surface area contributed by atoms with E-state index in [1.807, 2.05) is 4.90 Å². The first-order valence-corrected chi connectivity index (χ1v) is 11.8. The Morgan fingerprint density at radius 2 is 1.78 bits per heavy atom. The molecule has 1 aliphatic rings. The minimum Gasteiger partial charge on any atom is -0.353 e. The smallest absolute Gasteiger partial charge is 0.267 e. The molecule has 0 spiro atoms. The molecule has 0 radical (unpaired) electrons. The third kappa shape index (κ3) is 4.02. The van der Waals surface area contributed by atoms with E-state index < -0.39 is 20.3 Å². The Morgan fingerprint density at radius 3 is 2.44 bits per heavy atom. The zero-order chi connectivity index (χ0) is 22.7. The number of piperazine rings is 1. The summed E-state index contributed by atoms with van der Waals surface area (Å²) in [6, 6.07) is 14.7. The van der Waals surface area contributed by atoms with Gasteiger partial charge in [0.2, 0.25) is 9.84 Å². The first-order valence-electron chi connectivity index (χ1n) is 10.4. The molecule has 8 nitrogen and oxygen atoms in total. The Kier molecular flexibility index (Phi) is 6.08. The standard InChI is InChI=1S/C23H23N5O3S/c1-2-26-12-14-27(15-13-26)22-20(23(29)28-11-7-6-10-21(28)25-22)16-19(17-24)32(30,31)18-8-4-3-5-9-18/h3-11,16H,2,12-15H2,1H3. The third-order valence-corrected chi connectivity index (χ3v) is 7.28. The van der Waals surface area contributed by atoms with Gasteiger partial charge in [-0.15, -0.1) is 0 Å². The minimum absolute atomic E-state index is 0.000222. The molecule has 0 atom stereocenters. The number of rotatable bonds is 5. The number of likely N-dealkylation sites (N-methyl/N-ethyl adjacent to an activating group) is 1. The van der Waals surface area contributed by atoms with Crippen molar-refractivity contribution < 1.29 is 8.42 Å². The molecule has 164 valence electrons. The molecule has 0 unspecified atom stereocenters. The molecular formula is C23H23N5O3S. The highest BCUT2D eigenvalue weighted by atomic mass is 32.2. The largest absolute Gasteiger partial charge is 0.353 e. The van der Waals surface area contributed by atoms with Crippen molar-refractivity contribution in [3.63, 3.8) is 0 Å². The first kappa shape index (κ1) is 21.7. The lowest BCUT2D eigenvalue weighted by Gasteiger charge is -2.35. The molecule has 1 aliphatic heterocycles. The summed E-state index contributed by atoms with van der Waals surface area (Å²) in [7, 11) is -4.08. The van der Waals surface area contributed by atoms with Crippen LogP contribution in [0.1, 0.15) is 12.5 Å². The number of sulfone groups is 1. The van der Waals surface area contributed by atoms with Crippen LogP contribution in [-0.2, 0) is 9.84 Å². The molecule has 1 aromatic carbocycles. The van der Waals surface area contributed by atoms with Gasteiger partial charge >= 0.3 is 0 Å². The lowest BCUT2D eigenvalue weighted by molar-refractivity contribution is 0.270. The summed E-state index contributed by atoms with van der Waals surface area (Å²) in [5, 5.41) is 9.71. The number of pyridine rings is 1. The van der Waals surface area contributed by atoms with Gasteiger partial charge in [-0.2, -0.15) is 5.26 Å². The summed E-state index contributed by atoms with van der Waals surface area (Å²) in [4.78, 5) is 21.8. The number of benzene rings is 1. The molecule has 3 aromatic rings. The monoisotopic (exact) mass is 449 g/mol. The lowest BCUT2D eigenvalue weighted by Crippen LogP contribution is -2.47. The van der Waals surface area contributed by atoms with E-state index in [9.17, 15) is 18.5 Å². The van der Waals surface area contributed by atoms with Crippen LogP contribution in [0.15, 0.2) is 69.3 Å². The zero-order valence-corrected chi connectivity index (χ0v) is 18.5. The van der Waals surface area contributed by atoms with E-state index in [0.29, 0.717) is 24.6 Å². The van der Waals surface area contributed by atoms with Gasteiger partial charge in [0, 0.05) is 32.4 Å². The van der Waals surface area contributed by atoms with Gasteiger partial charge in [0.25, 0.3) is 5.56 Å². The fourth-order valence-corrected chi connectivity index (χ4v) is 4.92. The van der Waals surface area contributed by atoms with E-state index in [1.54, 1.807) is 48.7 Å². The van der Waals surface area contributed by atoms with Gasteiger partial charge in [-0.25, -0.2) is 13.4 Å². The van der Waals surface area contributed by atoms with Crippen LogP contribution < -0.4 is 10.5 Å². The second-order valence-corrected chi connectivity index (χ2v) is 9.36. The molecule has 0 aliphatic carbocycles. The molecule has 9 heteroatoms. The molecule has 32 heavy (non-hydrogen) atoms. The van der Waals surface area contributed by atoms with Gasteiger partial charge in [0.05, 0.1) is 10.5 Å². The maximum absolute atomic E-state index is 13.4. The van der Waals surface area contributed by atoms with E-state index >= 15 is 0 Å². The maximum Gasteiger partial charge on any atom is 0.267 e. The average Bonchev–Trinajstić information content (AvgIpc) is 2.84. The Hall–Kier alpha value is -3.48. The van der Waals surface area contributed by atoms with Crippen LogP contribution >= 0.6 is 0 Å². The maximum atomic E-state index is 13.4. The molecule has 2 aromatic heterocycles. The van der Waals surface area contributed by atoms with Crippen molar-refractivity contribution in [3.8, 4) is 6.07 Å². The van der Waals surface area contributed by atoms with E-state index in [1.165, 1.54) is 22.6 Å². The van der Waals surface area contributed by atoms with Gasteiger partial charge in [-0.05, 0) is 36.9 Å². The predicted octanol–water partition coefficient (Wildman–Crippen LogP) is 2.17. The van der Waals surface area contributed by atoms with Crippen LogP contribution in [0.3, 0.4) is 0 Å². The van der Waals surface area contributed by atoms with Crippen LogP contribution in [0.4, 0.5) is 5.82 Å². The molecule has 4 rings (SSSR count). The topological polar surface area (TPSA) is 98.8 Å². The summed E-state index contributed by atoms with van der Waals surface area (Å²) >= 11 is 0. The van der Waals surface area contributed by atoms with E-state index in [4.69, 9.17) is 0 Å². The lowest BCUT2D eigenvalue weighted by atomic mass is 10.2. The van der Waals surface area contributed by atoms with Crippen LogP contribution in [0.25, 0.3) is 11.7 Å². The molecule has 0 saturated carbocycles. The molecule has 0 N–H and O–H groups in total. The molecule has 1 fully saturated rings. The number of hydrogen-bond donors (Lipinski definition) is 0. The summed E-state index contributed by atoms with van der Waals surface area (Å²) in [5.41, 5.74) is 0.140. The van der Waals surface area contributed by atoms with Crippen LogP contribution in [0.2, 0.25) is 0 Å². The van der Waals surface area contributed by atoms with E-state index in [0.717, 1.165) is 19.6 Å². The number of anilines is 1. The predicted molar refractivity (Wildman–Crippen MR) is 123 cm³/mol. The minimum atomic E-state index is -4.08. The summed E-state index contributed by atoms with van der Waals surface area (Å²) in [5.74, 6) is 0.396. The first-order chi connectivity index (χ1) is 15.5. The number of nitrogens with zero attached hydrogens (tertiary/aromatic N) is 5. The highest BCUT2D eigenvalue weighted by Crippen LogP contribution is 2.25. The van der Waals surface area contributed by atoms with Crippen LogP contribution in [-0.4, -0.2) is 55.4 Å². The van der Waals surface area contributed by atoms with E-state index in [-0.39, 0.29) is 10.5 Å². The molecular weight excluding hydrogens is 426 g/mol. The Morgan fingerprint density at radius 1 is 1.09 bits per heavy atom. The van der Waals surface area contributed by atoms with Crippen molar-refractivity contribution in [1.29, 1.82) is 5.26 Å². The van der Waals surface area contributed by atoms with Crippen molar-refractivity contribution in [2.45, 2.75) is 11.8 Å². The van der Waals surface area contributed by atoms with Gasteiger partial charge in [0.1, 0.15) is 22.4 Å². The van der Waals surface area contributed by atoms with Crippen molar-refractivity contribution in [2.75, 3.05) is 37.6 Å². The highest BCUT2D eigenvalue weighted by molar-refractivity contribution is 7.95. The normalized spacial score (nSPS) is 15.6. The molecule has 0 bridgehead atoms. The number of allylic oxidation sites excluding steroid dienone is 1. The van der Waals surface area contributed by atoms with Gasteiger partial charge in [-0.1, -0.05) is 31.2 Å². The Balaban J connectivity index is 1.90. The molecule has 1 saturated heterocycles. The molecule has 3 heterocycles. The van der Waals surface area contributed by atoms with E-state index in [2.05, 4.69) is 16.8 Å². The van der Waals surface area contributed by atoms with Gasteiger partial charge in [-0.3, -0.25) is 9.20 Å². The van der Waals surface area contributed by atoms with Crippen LogP contribution in [0, 0.1) is 11.3 Å². The quantitative estimate of drug-likeness (QED) is 0.551. The second-order valence-electron chi connectivity index (χ2n) is 7.44. The SMILES string of the molecule is CCN1CCN(c2nc3ccccn3c(=O)c2C=C(C#N)S(=O)(=O)c2ccccc2)CC1. The number of aromatic nitrogens is 2. The number of nitriles is 1. The van der Waals surface area contributed by atoms with Crippen molar-refractivity contribution >= 4 is 27.4 Å². The highest BCUT2D eigenvalue weighted by Gasteiger charge is 2.25. The van der Waals surface area contributed by atoms with Crippen molar-refractivity contribution in [2.24, 2.45) is 0 Å². The van der Waals surface area contributed by atoms with Gasteiger partial charge < -0.3 is 9.80 Å². The zero-order valence-electron chi connectivity index (χ0n) is 17.7. The third-order valence-electron chi connectivity index (χ3n) is 5.60. The van der Waals surface area contributed by atoms with Crippen molar-refractivity contribution in [3.05, 3.63) is 75.6 Å². The van der Waals surface area contributed by atoms with Gasteiger partial charge in [0.15, 0.2) is 0 Å².